The highest BCUT2D eigenvalue weighted by atomic mass is 79.9. The Kier molecular flexibility index (Phi) is 3.79. The van der Waals surface area contributed by atoms with E-state index >= 15 is 0 Å². The highest BCUT2D eigenvalue weighted by Crippen LogP contribution is 2.26. The standard InChI is InChI=1S/C9H13BrO2/c10-8(9(11)12)6-7-4-2-1-3-5-7/h6-7H,1-5H2,(H,11,12)/b8-6-. The highest BCUT2D eigenvalue weighted by molar-refractivity contribution is 9.12. The van der Waals surface area contributed by atoms with Crippen LogP contribution in [-0.2, 0) is 4.79 Å². The quantitative estimate of drug-likeness (QED) is 0.744. The van der Waals surface area contributed by atoms with Crippen LogP contribution in [0.25, 0.3) is 0 Å². The minimum atomic E-state index is -0.861. The van der Waals surface area contributed by atoms with Crippen molar-refractivity contribution in [1.29, 1.82) is 0 Å². The zero-order valence-electron chi connectivity index (χ0n) is 6.92. The molecule has 0 bridgehead atoms. The normalized spacial score (nSPS) is 20.9. The Labute approximate surface area is 80.8 Å². The SMILES string of the molecule is O=C(O)/C(Br)=C/C1CCCCC1. The van der Waals surface area contributed by atoms with Crippen LogP contribution in [0.4, 0.5) is 0 Å². The van der Waals surface area contributed by atoms with Gasteiger partial charge in [-0.15, -0.1) is 0 Å². The molecule has 1 rings (SSSR count). The van der Waals surface area contributed by atoms with E-state index < -0.39 is 5.97 Å². The van der Waals surface area contributed by atoms with Crippen molar-refractivity contribution < 1.29 is 9.90 Å². The van der Waals surface area contributed by atoms with Gasteiger partial charge >= 0.3 is 5.97 Å². The Balaban J connectivity index is 2.47. The minimum Gasteiger partial charge on any atom is -0.477 e. The van der Waals surface area contributed by atoms with Gasteiger partial charge in [0.2, 0.25) is 0 Å². The van der Waals surface area contributed by atoms with E-state index in [-0.39, 0.29) is 0 Å². The van der Waals surface area contributed by atoms with Crippen LogP contribution >= 0.6 is 15.9 Å². The zero-order valence-corrected chi connectivity index (χ0v) is 8.51. The first kappa shape index (κ1) is 9.78. The predicted molar refractivity (Wildman–Crippen MR) is 51.2 cm³/mol. The highest BCUT2D eigenvalue weighted by Gasteiger charge is 2.13. The Hall–Kier alpha value is -0.310. The number of aliphatic carboxylic acids is 1. The summed E-state index contributed by atoms with van der Waals surface area (Å²) in [6.45, 7) is 0. The van der Waals surface area contributed by atoms with E-state index in [0.29, 0.717) is 10.4 Å². The maximum Gasteiger partial charge on any atom is 0.342 e. The maximum absolute atomic E-state index is 10.5. The number of hydrogen-bond donors (Lipinski definition) is 1. The van der Waals surface area contributed by atoms with E-state index in [1.165, 1.54) is 19.3 Å². The first-order valence-corrected chi connectivity index (χ1v) is 5.10. The molecule has 1 N–H and O–H groups in total. The number of allylic oxidation sites excluding steroid dienone is 1. The zero-order chi connectivity index (χ0) is 8.97. The van der Waals surface area contributed by atoms with Gasteiger partial charge in [0.1, 0.15) is 0 Å². The second kappa shape index (κ2) is 4.65. The van der Waals surface area contributed by atoms with Crippen LogP contribution in [-0.4, -0.2) is 11.1 Å². The Bertz CT molecular complexity index is 193. The summed E-state index contributed by atoms with van der Waals surface area (Å²) >= 11 is 3.04. The lowest BCUT2D eigenvalue weighted by Gasteiger charge is -2.17. The smallest absolute Gasteiger partial charge is 0.342 e. The number of carboxylic acid groups (broad SMARTS) is 1. The van der Waals surface area contributed by atoms with E-state index in [4.69, 9.17) is 5.11 Å². The topological polar surface area (TPSA) is 37.3 Å². The fourth-order valence-electron chi connectivity index (χ4n) is 1.58. The van der Waals surface area contributed by atoms with Crippen LogP contribution in [0.15, 0.2) is 10.6 Å². The number of carboxylic acids is 1. The fraction of sp³-hybridized carbons (Fsp3) is 0.667. The summed E-state index contributed by atoms with van der Waals surface area (Å²) in [7, 11) is 0. The number of rotatable bonds is 2. The van der Waals surface area contributed by atoms with Crippen molar-refractivity contribution in [3.05, 3.63) is 10.6 Å². The molecule has 0 unspecified atom stereocenters. The minimum absolute atomic E-state index is 0.314. The number of carbonyl (C=O) groups is 1. The third kappa shape index (κ3) is 2.97. The molecule has 0 aliphatic heterocycles. The molecule has 1 aliphatic rings. The summed E-state index contributed by atoms with van der Waals surface area (Å²) in [6, 6.07) is 0. The van der Waals surface area contributed by atoms with Crippen LogP contribution < -0.4 is 0 Å². The van der Waals surface area contributed by atoms with E-state index in [1.54, 1.807) is 0 Å². The average molecular weight is 233 g/mol. The maximum atomic E-state index is 10.5. The molecular formula is C9H13BrO2. The van der Waals surface area contributed by atoms with Crippen molar-refractivity contribution in [2.75, 3.05) is 0 Å². The molecule has 2 nitrogen and oxygen atoms in total. The molecule has 0 aromatic rings. The predicted octanol–water partition coefficient (Wildman–Crippen LogP) is 2.93. The van der Waals surface area contributed by atoms with Crippen LogP contribution in [0, 0.1) is 5.92 Å². The van der Waals surface area contributed by atoms with Gasteiger partial charge < -0.3 is 5.11 Å². The molecule has 0 heterocycles. The van der Waals surface area contributed by atoms with Crippen molar-refractivity contribution in [1.82, 2.24) is 0 Å². The van der Waals surface area contributed by atoms with Crippen LogP contribution in [0.5, 0.6) is 0 Å². The first-order valence-electron chi connectivity index (χ1n) is 4.31. The van der Waals surface area contributed by atoms with E-state index in [1.807, 2.05) is 6.08 Å². The van der Waals surface area contributed by atoms with E-state index in [9.17, 15) is 4.79 Å². The van der Waals surface area contributed by atoms with Gasteiger partial charge in [0.05, 0.1) is 4.48 Å². The molecule has 0 atom stereocenters. The third-order valence-corrected chi connectivity index (χ3v) is 2.84. The molecule has 68 valence electrons. The van der Waals surface area contributed by atoms with Crippen molar-refractivity contribution in [2.45, 2.75) is 32.1 Å². The third-order valence-electron chi connectivity index (χ3n) is 2.24. The van der Waals surface area contributed by atoms with Crippen LogP contribution in [0.2, 0.25) is 0 Å². The second-order valence-corrected chi connectivity index (χ2v) is 4.07. The van der Waals surface area contributed by atoms with Crippen molar-refractivity contribution >= 4 is 21.9 Å². The molecular weight excluding hydrogens is 220 g/mol. The van der Waals surface area contributed by atoms with Gasteiger partial charge in [-0.1, -0.05) is 25.3 Å². The molecule has 0 saturated heterocycles. The molecule has 0 aromatic heterocycles. The molecule has 0 spiro atoms. The first-order chi connectivity index (χ1) is 5.70. The van der Waals surface area contributed by atoms with Crippen LogP contribution in [0.3, 0.4) is 0 Å². The van der Waals surface area contributed by atoms with E-state index in [2.05, 4.69) is 15.9 Å². The molecule has 0 aromatic carbocycles. The Morgan fingerprint density at radius 1 is 1.33 bits per heavy atom. The average Bonchev–Trinajstić information content (AvgIpc) is 2.06. The summed E-state index contributed by atoms with van der Waals surface area (Å²) in [6.07, 6.45) is 7.89. The lowest BCUT2D eigenvalue weighted by molar-refractivity contribution is -0.131. The largest absolute Gasteiger partial charge is 0.477 e. The molecule has 1 saturated carbocycles. The summed E-state index contributed by atoms with van der Waals surface area (Å²) in [5, 5.41) is 8.60. The van der Waals surface area contributed by atoms with Gasteiger partial charge in [0.15, 0.2) is 0 Å². The summed E-state index contributed by atoms with van der Waals surface area (Å²) in [4.78, 5) is 10.5. The van der Waals surface area contributed by atoms with Crippen molar-refractivity contribution in [3.8, 4) is 0 Å². The van der Waals surface area contributed by atoms with Gasteiger partial charge in [0.25, 0.3) is 0 Å². The van der Waals surface area contributed by atoms with E-state index in [0.717, 1.165) is 12.8 Å². The Morgan fingerprint density at radius 2 is 1.92 bits per heavy atom. The number of halogens is 1. The van der Waals surface area contributed by atoms with Gasteiger partial charge in [-0.2, -0.15) is 0 Å². The van der Waals surface area contributed by atoms with Gasteiger partial charge in [-0.25, -0.2) is 4.79 Å². The monoisotopic (exact) mass is 232 g/mol. The van der Waals surface area contributed by atoms with Gasteiger partial charge in [-0.3, -0.25) is 0 Å². The van der Waals surface area contributed by atoms with Crippen molar-refractivity contribution in [3.63, 3.8) is 0 Å². The molecule has 0 amide bonds. The summed E-state index contributed by atoms with van der Waals surface area (Å²) in [5.74, 6) is -0.384. The second-order valence-electron chi connectivity index (χ2n) is 3.22. The lowest BCUT2D eigenvalue weighted by atomic mass is 9.89. The van der Waals surface area contributed by atoms with Crippen LogP contribution in [0.1, 0.15) is 32.1 Å². The number of hydrogen-bond acceptors (Lipinski definition) is 1. The molecule has 0 radical (unpaired) electrons. The molecule has 12 heavy (non-hydrogen) atoms. The molecule has 1 fully saturated rings. The summed E-state index contributed by atoms with van der Waals surface area (Å²) < 4.78 is 0.314. The van der Waals surface area contributed by atoms with Crippen molar-refractivity contribution in [2.24, 2.45) is 5.92 Å². The fourth-order valence-corrected chi connectivity index (χ4v) is 1.95. The lowest BCUT2D eigenvalue weighted by Crippen LogP contribution is -2.05. The van der Waals surface area contributed by atoms with Gasteiger partial charge in [-0.05, 0) is 34.7 Å². The molecule has 3 heteroatoms. The summed E-state index contributed by atoms with van der Waals surface area (Å²) in [5.41, 5.74) is 0. The van der Waals surface area contributed by atoms with Gasteiger partial charge in [0, 0.05) is 0 Å². The molecule has 1 aliphatic carbocycles. The Morgan fingerprint density at radius 3 is 2.42 bits per heavy atom.